The van der Waals surface area contributed by atoms with Crippen LogP contribution in [0.2, 0.25) is 0 Å². The first kappa shape index (κ1) is 34.4. The van der Waals surface area contributed by atoms with Crippen LogP contribution in [0.3, 0.4) is 0 Å². The molecule has 1 heterocycles. The molecule has 3 aromatic rings. The molecular formula is C32H38O14. The van der Waals surface area contributed by atoms with Crippen LogP contribution in [0.25, 0.3) is 0 Å². The van der Waals surface area contributed by atoms with Crippen LogP contribution in [-0.4, -0.2) is 100 Å². The van der Waals surface area contributed by atoms with Crippen molar-refractivity contribution >= 4 is 5.97 Å². The van der Waals surface area contributed by atoms with E-state index in [-0.39, 0.29) is 28.6 Å². The van der Waals surface area contributed by atoms with E-state index in [1.165, 1.54) is 24.3 Å². The van der Waals surface area contributed by atoms with E-state index < -0.39 is 66.6 Å². The molecule has 6 atom stereocenters. The summed E-state index contributed by atoms with van der Waals surface area (Å²) in [6.45, 7) is -0.608. The van der Waals surface area contributed by atoms with Crippen molar-refractivity contribution in [1.82, 2.24) is 0 Å². The number of aliphatic hydroxyl groups is 3. The minimum Gasteiger partial charge on any atom is -0.504 e. The molecule has 0 bridgehead atoms. The van der Waals surface area contributed by atoms with Crippen molar-refractivity contribution < 1.29 is 70.1 Å². The number of aryl methyl sites for hydroxylation is 2. The van der Waals surface area contributed by atoms with Gasteiger partial charge in [0.2, 0.25) is 0 Å². The van der Waals surface area contributed by atoms with Gasteiger partial charge in [0.1, 0.15) is 31.0 Å². The van der Waals surface area contributed by atoms with Gasteiger partial charge in [0.25, 0.3) is 0 Å². The molecule has 0 radical (unpaired) electrons. The Bertz CT molecular complexity index is 1470. The van der Waals surface area contributed by atoms with Gasteiger partial charge in [0.15, 0.2) is 46.5 Å². The largest absolute Gasteiger partial charge is 0.504 e. The van der Waals surface area contributed by atoms with Crippen LogP contribution in [0.15, 0.2) is 48.5 Å². The third-order valence-electron chi connectivity index (χ3n) is 7.76. The van der Waals surface area contributed by atoms with Crippen LogP contribution in [0.5, 0.6) is 40.2 Å². The zero-order valence-electron chi connectivity index (χ0n) is 24.6. The Morgan fingerprint density at radius 3 is 1.85 bits per heavy atom. The third-order valence-corrected chi connectivity index (χ3v) is 7.76. The van der Waals surface area contributed by atoms with E-state index in [1.54, 1.807) is 12.1 Å². The molecule has 46 heavy (non-hydrogen) atoms. The van der Waals surface area contributed by atoms with Gasteiger partial charge in [0.05, 0.1) is 11.7 Å². The quantitative estimate of drug-likeness (QED) is 0.0725. The molecule has 4 rings (SSSR count). The normalized spacial score (nSPS) is 21.9. The third kappa shape index (κ3) is 8.62. The highest BCUT2D eigenvalue weighted by atomic mass is 16.7. The highest BCUT2D eigenvalue weighted by Crippen LogP contribution is 2.36. The first-order chi connectivity index (χ1) is 21.8. The molecule has 0 saturated carbocycles. The van der Waals surface area contributed by atoms with Crippen LogP contribution < -0.4 is 0 Å². The van der Waals surface area contributed by atoms with Crippen molar-refractivity contribution in [3.05, 3.63) is 65.2 Å². The maximum absolute atomic E-state index is 12.5. The fourth-order valence-electron chi connectivity index (χ4n) is 5.08. The minimum atomic E-state index is -1.74. The van der Waals surface area contributed by atoms with E-state index >= 15 is 0 Å². The smallest absolute Gasteiger partial charge is 0.338 e. The number of carbonyl (C=O) groups excluding carboxylic acids is 1. The number of hydrogen-bond donors (Lipinski definition) is 10. The Morgan fingerprint density at radius 1 is 0.674 bits per heavy atom. The van der Waals surface area contributed by atoms with Crippen molar-refractivity contribution in [2.24, 2.45) is 0 Å². The van der Waals surface area contributed by atoms with Crippen LogP contribution in [0.1, 0.15) is 47.2 Å². The Labute approximate surface area is 263 Å². The number of rotatable bonds is 13. The SMILES string of the molecule is O=C(OC[C@H]1O[C@@H](O[C@H](CCCCc2ccc(O)c(O)c2)CCc2ccc(O)c(O)c2)[C@H](O)[C@@H](O)[C@@H]1O)c1cc(O)c(O)c(O)c1. The molecule has 1 aliphatic rings. The fourth-order valence-corrected chi connectivity index (χ4v) is 5.08. The lowest BCUT2D eigenvalue weighted by atomic mass is 9.98. The topological polar surface area (TPSA) is 247 Å². The number of aromatic hydroxyl groups is 7. The molecule has 0 amide bonds. The number of hydrogen-bond acceptors (Lipinski definition) is 14. The Balaban J connectivity index is 1.41. The number of carbonyl (C=O) groups is 1. The molecule has 0 aromatic heterocycles. The molecule has 1 saturated heterocycles. The highest BCUT2D eigenvalue weighted by Gasteiger charge is 2.45. The highest BCUT2D eigenvalue weighted by molar-refractivity contribution is 5.91. The molecule has 1 aliphatic heterocycles. The van der Waals surface area contributed by atoms with E-state index in [0.29, 0.717) is 44.1 Å². The van der Waals surface area contributed by atoms with Gasteiger partial charge in [-0.2, -0.15) is 0 Å². The van der Waals surface area contributed by atoms with Crippen LogP contribution >= 0.6 is 0 Å². The summed E-state index contributed by atoms with van der Waals surface area (Å²) in [5.41, 5.74) is 1.19. The summed E-state index contributed by atoms with van der Waals surface area (Å²) in [4.78, 5) is 12.5. The molecule has 10 N–H and O–H groups in total. The van der Waals surface area contributed by atoms with Crippen LogP contribution in [-0.2, 0) is 27.1 Å². The van der Waals surface area contributed by atoms with E-state index in [0.717, 1.165) is 17.7 Å². The lowest BCUT2D eigenvalue weighted by Gasteiger charge is -2.41. The van der Waals surface area contributed by atoms with Crippen molar-refractivity contribution in [2.75, 3.05) is 6.61 Å². The van der Waals surface area contributed by atoms with Crippen molar-refractivity contribution in [2.45, 2.75) is 75.3 Å². The van der Waals surface area contributed by atoms with Crippen LogP contribution in [0.4, 0.5) is 0 Å². The Kier molecular flexibility index (Phi) is 11.4. The summed E-state index contributed by atoms with van der Waals surface area (Å²) in [5.74, 6) is -4.39. The molecule has 14 nitrogen and oxygen atoms in total. The molecule has 14 heteroatoms. The lowest BCUT2D eigenvalue weighted by Crippen LogP contribution is -2.60. The molecule has 250 valence electrons. The van der Waals surface area contributed by atoms with Gasteiger partial charge >= 0.3 is 5.97 Å². The monoisotopic (exact) mass is 646 g/mol. The molecule has 0 aliphatic carbocycles. The van der Waals surface area contributed by atoms with Gasteiger partial charge in [-0.05, 0) is 79.6 Å². The number of ether oxygens (including phenoxy) is 3. The Hall–Kier alpha value is -4.47. The average Bonchev–Trinajstić information content (AvgIpc) is 3.02. The average molecular weight is 647 g/mol. The van der Waals surface area contributed by atoms with Crippen molar-refractivity contribution in [3.8, 4) is 40.2 Å². The summed E-state index contributed by atoms with van der Waals surface area (Å²) in [5, 5.41) is 99.4. The van der Waals surface area contributed by atoms with Gasteiger partial charge in [-0.1, -0.05) is 18.6 Å². The maximum atomic E-state index is 12.5. The van der Waals surface area contributed by atoms with Crippen molar-refractivity contribution in [1.29, 1.82) is 0 Å². The number of aliphatic hydroxyl groups excluding tert-OH is 3. The van der Waals surface area contributed by atoms with Gasteiger partial charge in [-0.25, -0.2) is 4.79 Å². The number of phenolic OH excluding ortho intramolecular Hbond substituents is 7. The van der Waals surface area contributed by atoms with Crippen molar-refractivity contribution in [3.63, 3.8) is 0 Å². The van der Waals surface area contributed by atoms with E-state index in [9.17, 15) is 55.9 Å². The standard InChI is InChI=1S/C32H38O14/c33-20-9-6-16(11-22(20)35)3-1-2-4-19(8-5-17-7-10-21(34)23(36)12-17)45-32-30(42)29(41)28(40)26(46-32)15-44-31(43)18-13-24(37)27(39)25(38)14-18/h6-7,9-14,19,26,28-30,32-42H,1-5,8,15H2/t19-,26-,28-,29+,30-,32-/m1/s1. The number of esters is 1. The zero-order valence-corrected chi connectivity index (χ0v) is 24.6. The van der Waals surface area contributed by atoms with Crippen LogP contribution in [0, 0.1) is 0 Å². The predicted molar refractivity (Wildman–Crippen MR) is 159 cm³/mol. The minimum absolute atomic E-state index is 0.220. The fraction of sp³-hybridized carbons (Fsp3) is 0.406. The second-order valence-corrected chi connectivity index (χ2v) is 11.2. The van der Waals surface area contributed by atoms with Gasteiger partial charge < -0.3 is 65.3 Å². The number of unbranched alkanes of at least 4 members (excludes halogenated alkanes) is 1. The number of benzene rings is 3. The summed E-state index contributed by atoms with van der Waals surface area (Å²) in [6.07, 6.45) is -5.36. The summed E-state index contributed by atoms with van der Waals surface area (Å²) in [7, 11) is 0. The van der Waals surface area contributed by atoms with Gasteiger partial charge in [-0.3, -0.25) is 0 Å². The summed E-state index contributed by atoms with van der Waals surface area (Å²) >= 11 is 0. The van der Waals surface area contributed by atoms with Gasteiger partial charge in [0, 0.05) is 0 Å². The van der Waals surface area contributed by atoms with E-state index in [1.807, 2.05) is 0 Å². The second-order valence-electron chi connectivity index (χ2n) is 11.2. The summed E-state index contributed by atoms with van der Waals surface area (Å²) in [6, 6.07) is 10.7. The first-order valence-corrected chi connectivity index (χ1v) is 14.6. The van der Waals surface area contributed by atoms with E-state index in [4.69, 9.17) is 14.2 Å². The Morgan fingerprint density at radius 2 is 1.26 bits per heavy atom. The lowest BCUT2D eigenvalue weighted by molar-refractivity contribution is -0.311. The molecule has 0 unspecified atom stereocenters. The molecule has 3 aromatic carbocycles. The molecule has 0 spiro atoms. The van der Waals surface area contributed by atoms with E-state index in [2.05, 4.69) is 0 Å². The number of phenols is 7. The molecule has 1 fully saturated rings. The summed E-state index contributed by atoms with van der Waals surface area (Å²) < 4.78 is 17.0. The molecular weight excluding hydrogens is 608 g/mol. The maximum Gasteiger partial charge on any atom is 0.338 e. The zero-order chi connectivity index (χ0) is 33.5. The predicted octanol–water partition coefficient (Wildman–Crippen LogP) is 2.02. The first-order valence-electron chi connectivity index (χ1n) is 14.6. The second kappa shape index (κ2) is 15.2. The van der Waals surface area contributed by atoms with Gasteiger partial charge in [-0.15, -0.1) is 0 Å².